The molecule has 2 N–H and O–H groups in total. The Morgan fingerprint density at radius 2 is 1.92 bits per heavy atom. The van der Waals surface area contributed by atoms with Crippen molar-refractivity contribution in [3.8, 4) is 5.69 Å². The third-order valence-electron chi connectivity index (χ3n) is 4.55. The summed E-state index contributed by atoms with van der Waals surface area (Å²) >= 11 is 0. The average Bonchev–Trinajstić information content (AvgIpc) is 3.27. The molecule has 0 spiro atoms. The number of aromatic nitrogens is 3. The van der Waals surface area contributed by atoms with E-state index in [1.165, 1.54) is 6.33 Å². The Morgan fingerprint density at radius 1 is 1.16 bits per heavy atom. The van der Waals surface area contributed by atoms with Crippen molar-refractivity contribution in [3.63, 3.8) is 0 Å². The highest BCUT2D eigenvalue weighted by Gasteiger charge is 2.41. The largest absolute Gasteiger partial charge is 0.379 e. The standard InChI is InChI=1S/C19H18N4O2/c24-18(19(25)9-15-5-1-2-6-16(15)10-19)21-11-14-4-3-7-17(8-14)23-13-20-12-22-23/h1-8,12-13,25H,9-11H2,(H,21,24). The molecule has 0 atom stereocenters. The van der Waals surface area contributed by atoms with Crippen LogP contribution >= 0.6 is 0 Å². The molecule has 2 aromatic carbocycles. The normalized spacial score (nSPS) is 14.9. The van der Waals surface area contributed by atoms with Crippen molar-refractivity contribution in [3.05, 3.63) is 77.9 Å². The Morgan fingerprint density at radius 3 is 2.60 bits per heavy atom. The van der Waals surface area contributed by atoms with Crippen LogP contribution in [0.15, 0.2) is 61.2 Å². The van der Waals surface area contributed by atoms with Crippen LogP contribution in [0, 0.1) is 0 Å². The van der Waals surface area contributed by atoms with Gasteiger partial charge in [-0.15, -0.1) is 0 Å². The van der Waals surface area contributed by atoms with Crippen LogP contribution in [0.4, 0.5) is 0 Å². The van der Waals surface area contributed by atoms with Crippen molar-refractivity contribution in [1.82, 2.24) is 20.1 Å². The minimum Gasteiger partial charge on any atom is -0.379 e. The lowest BCUT2D eigenvalue weighted by Crippen LogP contribution is -2.47. The fourth-order valence-electron chi connectivity index (χ4n) is 3.25. The summed E-state index contributed by atoms with van der Waals surface area (Å²) in [5.41, 5.74) is 2.51. The van der Waals surface area contributed by atoms with Gasteiger partial charge in [0.25, 0.3) is 5.91 Å². The first kappa shape index (κ1) is 15.5. The minimum absolute atomic E-state index is 0.338. The van der Waals surface area contributed by atoms with Gasteiger partial charge >= 0.3 is 0 Å². The summed E-state index contributed by atoms with van der Waals surface area (Å²) in [5.74, 6) is -0.338. The van der Waals surface area contributed by atoms with Gasteiger partial charge in [-0.3, -0.25) is 4.79 Å². The summed E-state index contributed by atoms with van der Waals surface area (Å²) in [6.45, 7) is 0.347. The lowest BCUT2D eigenvalue weighted by Gasteiger charge is -2.21. The Labute approximate surface area is 145 Å². The molecule has 25 heavy (non-hydrogen) atoms. The molecule has 1 heterocycles. The molecule has 4 rings (SSSR count). The highest BCUT2D eigenvalue weighted by atomic mass is 16.3. The molecule has 0 radical (unpaired) electrons. The number of aliphatic hydroxyl groups is 1. The number of benzene rings is 2. The number of hydrogen-bond acceptors (Lipinski definition) is 4. The molecule has 0 saturated heterocycles. The van der Waals surface area contributed by atoms with Gasteiger partial charge in [-0.25, -0.2) is 9.67 Å². The van der Waals surface area contributed by atoms with Gasteiger partial charge in [0.05, 0.1) is 5.69 Å². The second-order valence-electron chi connectivity index (χ2n) is 6.35. The molecule has 3 aromatic rings. The fourth-order valence-corrected chi connectivity index (χ4v) is 3.25. The zero-order valence-corrected chi connectivity index (χ0v) is 13.6. The van der Waals surface area contributed by atoms with Crippen LogP contribution in [0.25, 0.3) is 5.69 Å². The number of fused-ring (bicyclic) bond motifs is 1. The van der Waals surface area contributed by atoms with Gasteiger partial charge < -0.3 is 10.4 Å². The first-order valence-electron chi connectivity index (χ1n) is 8.15. The van der Waals surface area contributed by atoms with Crippen molar-refractivity contribution in [2.24, 2.45) is 0 Å². The van der Waals surface area contributed by atoms with Gasteiger partial charge in [-0.2, -0.15) is 5.10 Å². The van der Waals surface area contributed by atoms with Crippen LogP contribution in [0.2, 0.25) is 0 Å². The molecule has 0 aliphatic heterocycles. The Bertz CT molecular complexity index is 880. The smallest absolute Gasteiger partial charge is 0.252 e. The number of nitrogens with zero attached hydrogens (tertiary/aromatic N) is 3. The van der Waals surface area contributed by atoms with Gasteiger partial charge in [0.1, 0.15) is 12.7 Å². The van der Waals surface area contributed by atoms with E-state index < -0.39 is 5.60 Å². The highest BCUT2D eigenvalue weighted by Crippen LogP contribution is 2.30. The third kappa shape index (κ3) is 3.04. The SMILES string of the molecule is O=C(NCc1cccc(-n2cncn2)c1)C1(O)Cc2ccccc2C1. The van der Waals surface area contributed by atoms with E-state index >= 15 is 0 Å². The second kappa shape index (κ2) is 6.14. The first-order chi connectivity index (χ1) is 12.1. The summed E-state index contributed by atoms with van der Waals surface area (Å²) < 4.78 is 1.66. The summed E-state index contributed by atoms with van der Waals surface area (Å²) in [6.07, 6.45) is 3.81. The molecule has 1 aliphatic carbocycles. The monoisotopic (exact) mass is 334 g/mol. The van der Waals surface area contributed by atoms with Gasteiger partial charge in [-0.05, 0) is 28.8 Å². The van der Waals surface area contributed by atoms with Gasteiger partial charge in [0.2, 0.25) is 0 Å². The lowest BCUT2D eigenvalue weighted by molar-refractivity contribution is -0.139. The molecule has 1 aromatic heterocycles. The van der Waals surface area contributed by atoms with Crippen molar-refractivity contribution in [2.75, 3.05) is 0 Å². The van der Waals surface area contributed by atoms with E-state index in [0.29, 0.717) is 19.4 Å². The number of rotatable bonds is 4. The molecule has 126 valence electrons. The van der Waals surface area contributed by atoms with Gasteiger partial charge in [-0.1, -0.05) is 36.4 Å². The van der Waals surface area contributed by atoms with Crippen LogP contribution in [0.1, 0.15) is 16.7 Å². The van der Waals surface area contributed by atoms with Crippen molar-refractivity contribution < 1.29 is 9.90 Å². The maximum Gasteiger partial charge on any atom is 0.252 e. The summed E-state index contributed by atoms with van der Waals surface area (Å²) in [4.78, 5) is 16.5. The third-order valence-corrected chi connectivity index (χ3v) is 4.55. The van der Waals surface area contributed by atoms with Crippen molar-refractivity contribution >= 4 is 5.91 Å². The fraction of sp³-hybridized carbons (Fsp3) is 0.211. The summed E-state index contributed by atoms with van der Waals surface area (Å²) in [6, 6.07) is 15.5. The first-order valence-corrected chi connectivity index (χ1v) is 8.15. The molecule has 0 fully saturated rings. The Balaban J connectivity index is 1.44. The summed E-state index contributed by atoms with van der Waals surface area (Å²) in [7, 11) is 0. The Hall–Kier alpha value is -2.99. The van der Waals surface area contributed by atoms with Gasteiger partial charge in [0, 0.05) is 19.4 Å². The van der Waals surface area contributed by atoms with Crippen molar-refractivity contribution in [1.29, 1.82) is 0 Å². The van der Waals surface area contributed by atoms with Crippen LogP contribution in [-0.2, 0) is 24.2 Å². The van der Waals surface area contributed by atoms with E-state index in [-0.39, 0.29) is 5.91 Å². The van der Waals surface area contributed by atoms with Gasteiger partial charge in [0.15, 0.2) is 5.60 Å². The minimum atomic E-state index is -1.37. The molecular formula is C19H18N4O2. The zero-order chi connectivity index (χ0) is 17.3. The summed E-state index contributed by atoms with van der Waals surface area (Å²) in [5, 5.41) is 17.7. The number of carbonyl (C=O) groups is 1. The highest BCUT2D eigenvalue weighted by molar-refractivity contribution is 5.86. The average molecular weight is 334 g/mol. The van der Waals surface area contributed by atoms with Crippen molar-refractivity contribution in [2.45, 2.75) is 25.0 Å². The zero-order valence-electron chi connectivity index (χ0n) is 13.6. The van der Waals surface area contributed by atoms with E-state index in [1.807, 2.05) is 48.5 Å². The maximum atomic E-state index is 12.5. The molecule has 0 bridgehead atoms. The predicted octanol–water partition coefficient (Wildman–Crippen LogP) is 1.41. The number of carbonyl (C=O) groups excluding carboxylic acids is 1. The second-order valence-corrected chi connectivity index (χ2v) is 6.35. The van der Waals surface area contributed by atoms with E-state index in [4.69, 9.17) is 0 Å². The van der Waals surface area contributed by atoms with Crippen LogP contribution < -0.4 is 5.32 Å². The molecule has 6 nitrogen and oxygen atoms in total. The molecule has 1 aliphatic rings. The predicted molar refractivity (Wildman–Crippen MR) is 92.0 cm³/mol. The number of nitrogens with one attached hydrogen (secondary N) is 1. The van der Waals surface area contributed by atoms with E-state index in [0.717, 1.165) is 22.4 Å². The quantitative estimate of drug-likeness (QED) is 0.756. The molecule has 0 saturated carbocycles. The number of amides is 1. The molecular weight excluding hydrogens is 316 g/mol. The van der Waals surface area contributed by atoms with Crippen LogP contribution in [0.3, 0.4) is 0 Å². The van der Waals surface area contributed by atoms with E-state index in [2.05, 4.69) is 15.4 Å². The Kier molecular flexibility index (Phi) is 3.82. The van der Waals surface area contributed by atoms with Crippen LogP contribution in [-0.4, -0.2) is 31.4 Å². The van der Waals surface area contributed by atoms with E-state index in [9.17, 15) is 9.90 Å². The molecule has 1 amide bonds. The lowest BCUT2D eigenvalue weighted by atomic mass is 9.99. The topological polar surface area (TPSA) is 80.0 Å². The molecule has 6 heteroatoms. The van der Waals surface area contributed by atoms with Crippen LogP contribution in [0.5, 0.6) is 0 Å². The molecule has 0 unspecified atom stereocenters. The maximum absolute atomic E-state index is 12.5. The number of hydrogen-bond donors (Lipinski definition) is 2. The van der Waals surface area contributed by atoms with E-state index in [1.54, 1.807) is 11.0 Å².